The average Bonchev–Trinajstić information content (AvgIpc) is 2.46. The predicted molar refractivity (Wildman–Crippen MR) is 83.5 cm³/mol. The highest BCUT2D eigenvalue weighted by atomic mass is 79.9. The summed E-state index contributed by atoms with van der Waals surface area (Å²) in [5, 5.41) is 0. The number of rotatable bonds is 2. The van der Waals surface area contributed by atoms with Gasteiger partial charge < -0.3 is 10.6 Å². The quantitative estimate of drug-likeness (QED) is 0.859. The zero-order valence-electron chi connectivity index (χ0n) is 11.1. The topological polar surface area (TPSA) is 46.3 Å². The lowest BCUT2D eigenvalue weighted by molar-refractivity contribution is -0.126. The molecule has 0 radical (unpaired) electrons. The number of aryl methyl sites for hydroxylation is 1. The fourth-order valence-electron chi connectivity index (χ4n) is 2.52. The van der Waals surface area contributed by atoms with Crippen LogP contribution in [0.3, 0.4) is 0 Å². The molecule has 2 aromatic rings. The van der Waals surface area contributed by atoms with Crippen LogP contribution in [0, 0.1) is 6.92 Å². The van der Waals surface area contributed by atoms with E-state index in [2.05, 4.69) is 15.9 Å². The zero-order chi connectivity index (χ0) is 14.3. The Balaban J connectivity index is 1.95. The molecule has 0 unspecified atom stereocenters. The van der Waals surface area contributed by atoms with Crippen molar-refractivity contribution in [2.75, 3.05) is 4.90 Å². The van der Waals surface area contributed by atoms with E-state index < -0.39 is 6.04 Å². The summed E-state index contributed by atoms with van der Waals surface area (Å²) < 4.78 is 0.991. The number of hydrogen-bond acceptors (Lipinski definition) is 2. The molecule has 2 N–H and O–H groups in total. The second kappa shape index (κ2) is 5.04. The number of amides is 1. The minimum atomic E-state index is -0.457. The van der Waals surface area contributed by atoms with E-state index in [4.69, 9.17) is 5.73 Å². The minimum Gasteiger partial charge on any atom is -0.318 e. The highest BCUT2D eigenvalue weighted by molar-refractivity contribution is 9.10. The molecule has 2 aromatic carbocycles. The van der Waals surface area contributed by atoms with Gasteiger partial charge in [-0.1, -0.05) is 45.8 Å². The number of anilines is 1. The van der Waals surface area contributed by atoms with Crippen LogP contribution in [-0.4, -0.2) is 11.9 Å². The van der Waals surface area contributed by atoms with Crippen molar-refractivity contribution in [3.05, 3.63) is 64.1 Å². The lowest BCUT2D eigenvalue weighted by Crippen LogP contribution is -2.63. The summed E-state index contributed by atoms with van der Waals surface area (Å²) in [4.78, 5) is 13.9. The van der Waals surface area contributed by atoms with E-state index in [1.54, 1.807) is 4.90 Å². The Morgan fingerprint density at radius 2 is 1.65 bits per heavy atom. The summed E-state index contributed by atoms with van der Waals surface area (Å²) in [6, 6.07) is 15.3. The van der Waals surface area contributed by atoms with Crippen molar-refractivity contribution >= 4 is 27.5 Å². The Morgan fingerprint density at radius 1 is 1.05 bits per heavy atom. The van der Waals surface area contributed by atoms with Gasteiger partial charge in [0.15, 0.2) is 0 Å². The van der Waals surface area contributed by atoms with Crippen molar-refractivity contribution in [3.8, 4) is 0 Å². The molecule has 3 rings (SSSR count). The van der Waals surface area contributed by atoms with Crippen LogP contribution in [0.2, 0.25) is 0 Å². The maximum absolute atomic E-state index is 12.1. The van der Waals surface area contributed by atoms with Gasteiger partial charge >= 0.3 is 0 Å². The van der Waals surface area contributed by atoms with Crippen LogP contribution in [0.4, 0.5) is 5.69 Å². The number of carbonyl (C=O) groups excluding carboxylic acids is 1. The van der Waals surface area contributed by atoms with Gasteiger partial charge in [0.2, 0.25) is 5.91 Å². The van der Waals surface area contributed by atoms with Crippen molar-refractivity contribution in [2.45, 2.75) is 19.0 Å². The summed E-state index contributed by atoms with van der Waals surface area (Å²) in [6.07, 6.45) is 0. The Morgan fingerprint density at radius 3 is 2.25 bits per heavy atom. The van der Waals surface area contributed by atoms with Crippen LogP contribution in [0.15, 0.2) is 53.0 Å². The third-order valence-corrected chi connectivity index (χ3v) is 4.19. The van der Waals surface area contributed by atoms with Crippen LogP contribution in [0.25, 0.3) is 0 Å². The molecule has 102 valence electrons. The second-order valence-electron chi connectivity index (χ2n) is 5.07. The molecule has 1 aliphatic heterocycles. The van der Waals surface area contributed by atoms with E-state index in [1.165, 1.54) is 5.56 Å². The fraction of sp³-hybridized carbons (Fsp3) is 0.188. The molecule has 1 amide bonds. The van der Waals surface area contributed by atoms with Gasteiger partial charge in [-0.05, 0) is 36.8 Å². The lowest BCUT2D eigenvalue weighted by atomic mass is 9.88. The van der Waals surface area contributed by atoms with Gasteiger partial charge in [0.25, 0.3) is 0 Å². The lowest BCUT2D eigenvalue weighted by Gasteiger charge is -2.45. The molecular formula is C16H15BrN2O. The number of benzene rings is 2. The third-order valence-electron chi connectivity index (χ3n) is 3.66. The van der Waals surface area contributed by atoms with E-state index in [9.17, 15) is 4.79 Å². The van der Waals surface area contributed by atoms with Crippen LogP contribution < -0.4 is 10.6 Å². The normalized spacial score (nSPS) is 21.8. The third kappa shape index (κ3) is 2.15. The van der Waals surface area contributed by atoms with Crippen LogP contribution in [0.5, 0.6) is 0 Å². The number of nitrogens with zero attached hydrogens (tertiary/aromatic N) is 1. The standard InChI is InChI=1S/C16H15BrN2O/c1-10-2-4-11(5-3-10)15-14(18)16(20)19(15)13-8-6-12(17)7-9-13/h2-9,14-15H,18H2,1H3/t14-,15-/m0/s1. The van der Waals surface area contributed by atoms with Crippen molar-refractivity contribution < 1.29 is 4.79 Å². The molecule has 1 saturated heterocycles. The SMILES string of the molecule is Cc1ccc([C@H]2[C@H](N)C(=O)N2c2ccc(Br)cc2)cc1. The molecule has 1 heterocycles. The number of hydrogen-bond donors (Lipinski definition) is 1. The Bertz CT molecular complexity index is 637. The molecule has 20 heavy (non-hydrogen) atoms. The number of nitrogens with two attached hydrogens (primary N) is 1. The van der Waals surface area contributed by atoms with Gasteiger partial charge in [-0.25, -0.2) is 0 Å². The first-order valence-electron chi connectivity index (χ1n) is 6.49. The van der Waals surface area contributed by atoms with Gasteiger partial charge in [-0.15, -0.1) is 0 Å². The number of carbonyl (C=O) groups is 1. The smallest absolute Gasteiger partial charge is 0.247 e. The Kier molecular flexibility index (Phi) is 3.36. The number of β-lactam (4-membered cyclic amide) rings is 1. The zero-order valence-corrected chi connectivity index (χ0v) is 12.7. The van der Waals surface area contributed by atoms with Crippen molar-refractivity contribution in [3.63, 3.8) is 0 Å². The van der Waals surface area contributed by atoms with Crippen molar-refractivity contribution in [2.24, 2.45) is 5.73 Å². The van der Waals surface area contributed by atoms with Crippen molar-refractivity contribution in [1.29, 1.82) is 0 Å². The predicted octanol–water partition coefficient (Wildman–Crippen LogP) is 3.17. The first-order valence-corrected chi connectivity index (χ1v) is 7.28. The van der Waals surface area contributed by atoms with Gasteiger partial charge in [-0.3, -0.25) is 4.79 Å². The fourth-order valence-corrected chi connectivity index (χ4v) is 2.79. The van der Waals surface area contributed by atoms with Crippen LogP contribution in [0.1, 0.15) is 17.2 Å². The molecule has 0 saturated carbocycles. The van der Waals surface area contributed by atoms with Crippen LogP contribution >= 0.6 is 15.9 Å². The van der Waals surface area contributed by atoms with Gasteiger partial charge in [-0.2, -0.15) is 0 Å². The van der Waals surface area contributed by atoms with E-state index in [1.807, 2.05) is 55.5 Å². The van der Waals surface area contributed by atoms with E-state index >= 15 is 0 Å². The summed E-state index contributed by atoms with van der Waals surface area (Å²) in [6.45, 7) is 2.04. The number of halogens is 1. The highest BCUT2D eigenvalue weighted by Crippen LogP contribution is 2.38. The maximum atomic E-state index is 12.1. The van der Waals surface area contributed by atoms with E-state index in [0.29, 0.717) is 0 Å². The second-order valence-corrected chi connectivity index (χ2v) is 5.98. The first kappa shape index (κ1) is 13.3. The molecular weight excluding hydrogens is 316 g/mol. The minimum absolute atomic E-state index is 0.0297. The molecule has 3 nitrogen and oxygen atoms in total. The van der Waals surface area contributed by atoms with Gasteiger partial charge in [0.1, 0.15) is 6.04 Å². The van der Waals surface area contributed by atoms with Gasteiger partial charge in [0, 0.05) is 10.2 Å². The molecule has 1 aliphatic rings. The molecule has 0 aromatic heterocycles. The monoisotopic (exact) mass is 330 g/mol. The summed E-state index contributed by atoms with van der Waals surface area (Å²) in [5.41, 5.74) is 9.15. The summed E-state index contributed by atoms with van der Waals surface area (Å²) >= 11 is 3.40. The molecule has 1 fully saturated rings. The Labute approximate surface area is 126 Å². The molecule has 2 atom stereocenters. The van der Waals surface area contributed by atoms with E-state index in [-0.39, 0.29) is 11.9 Å². The van der Waals surface area contributed by atoms with Gasteiger partial charge in [0.05, 0.1) is 6.04 Å². The highest BCUT2D eigenvalue weighted by Gasteiger charge is 2.46. The maximum Gasteiger partial charge on any atom is 0.247 e. The van der Waals surface area contributed by atoms with E-state index in [0.717, 1.165) is 15.7 Å². The summed E-state index contributed by atoms with van der Waals surface area (Å²) in [5.74, 6) is -0.0297. The Hall–Kier alpha value is -1.65. The molecule has 4 heteroatoms. The molecule has 0 bridgehead atoms. The largest absolute Gasteiger partial charge is 0.318 e. The average molecular weight is 331 g/mol. The van der Waals surface area contributed by atoms with Crippen molar-refractivity contribution in [1.82, 2.24) is 0 Å². The molecule has 0 aliphatic carbocycles. The molecule has 0 spiro atoms. The van der Waals surface area contributed by atoms with Crippen LogP contribution in [-0.2, 0) is 4.79 Å². The first-order chi connectivity index (χ1) is 9.58. The summed E-state index contributed by atoms with van der Waals surface area (Å²) in [7, 11) is 0.